The van der Waals surface area contributed by atoms with Crippen molar-refractivity contribution < 1.29 is 70.9 Å². The van der Waals surface area contributed by atoms with Crippen LogP contribution in [0.1, 0.15) is 22.3 Å². The van der Waals surface area contributed by atoms with Gasteiger partial charge in [-0.15, -0.1) is 0 Å². The normalized spacial score (nSPS) is 19.5. The maximum atomic E-state index is 15.2. The van der Waals surface area contributed by atoms with Crippen molar-refractivity contribution in [2.24, 2.45) is 0 Å². The minimum Gasteiger partial charge on any atom is -0.449 e. The highest BCUT2D eigenvalue weighted by molar-refractivity contribution is 5.64. The first-order valence-electron chi connectivity index (χ1n) is 9.79. The van der Waals surface area contributed by atoms with E-state index in [2.05, 4.69) is 0 Å². The molecule has 202 valence electrons. The molecule has 4 aliphatic carbocycles. The highest BCUT2D eigenvalue weighted by atomic mass is 19.3. The van der Waals surface area contributed by atoms with Crippen molar-refractivity contribution in [1.82, 2.24) is 0 Å². The number of hydrogen-bond acceptors (Lipinski definition) is 2. The van der Waals surface area contributed by atoms with Gasteiger partial charge in [-0.1, -0.05) is 12.1 Å². The van der Waals surface area contributed by atoms with E-state index in [1.807, 2.05) is 0 Å². The van der Waals surface area contributed by atoms with E-state index in [-0.39, 0.29) is 0 Å². The number of hydrogen-bond donors (Lipinski definition) is 0. The number of fused-ring (bicyclic) bond motifs is 1. The first-order valence-corrected chi connectivity index (χ1v) is 9.79. The third kappa shape index (κ3) is 2.85. The lowest BCUT2D eigenvalue weighted by Crippen LogP contribution is -2.44. The summed E-state index contributed by atoms with van der Waals surface area (Å²) in [5, 5.41) is 0. The lowest BCUT2D eigenvalue weighted by molar-refractivity contribution is -0.235. The Morgan fingerprint density at radius 3 is 0.921 bits per heavy atom. The molecule has 0 saturated carbocycles. The molecule has 0 spiro atoms. The molecule has 3 aromatic carbocycles. The molecule has 1 heterocycles. The molecular formula is C22H4F14O2. The zero-order valence-electron chi connectivity index (χ0n) is 17.4. The van der Waals surface area contributed by atoms with Crippen molar-refractivity contribution in [2.45, 2.75) is 23.7 Å². The van der Waals surface area contributed by atoms with Crippen LogP contribution in [0.3, 0.4) is 0 Å². The summed E-state index contributed by atoms with van der Waals surface area (Å²) in [6.07, 6.45) is 0. The third-order valence-corrected chi connectivity index (χ3v) is 5.87. The molecule has 2 nitrogen and oxygen atoms in total. The Labute approximate surface area is 200 Å². The lowest BCUT2D eigenvalue weighted by Gasteiger charge is -2.36. The first-order chi connectivity index (χ1) is 17.4. The average Bonchev–Trinajstić information content (AvgIpc) is 2.81. The Morgan fingerprint density at radius 2 is 0.632 bits per heavy atom. The van der Waals surface area contributed by atoms with Crippen LogP contribution in [-0.4, -0.2) is 0 Å². The third-order valence-electron chi connectivity index (χ3n) is 5.87. The molecule has 16 heteroatoms. The van der Waals surface area contributed by atoms with Crippen LogP contribution in [-0.2, 0) is 23.7 Å². The van der Waals surface area contributed by atoms with E-state index in [0.717, 1.165) is 24.3 Å². The maximum absolute atomic E-state index is 15.2. The summed E-state index contributed by atoms with van der Waals surface area (Å²) in [7, 11) is 0. The zero-order valence-corrected chi connectivity index (χ0v) is 17.4. The molecule has 0 N–H and O–H groups in total. The maximum Gasteiger partial charge on any atom is 0.346 e. The van der Waals surface area contributed by atoms with E-state index in [1.165, 1.54) is 0 Å². The predicted octanol–water partition coefficient (Wildman–Crippen LogP) is 8.50. The molecule has 0 radical (unpaired) electrons. The van der Waals surface area contributed by atoms with Crippen LogP contribution in [0.15, 0.2) is 24.3 Å². The molecular weight excluding hydrogens is 562 g/mol. The molecule has 3 aromatic rings. The highest BCUT2D eigenvalue weighted by Crippen LogP contribution is 2.64. The number of ether oxygens (including phenoxy) is 2. The van der Waals surface area contributed by atoms with Crippen molar-refractivity contribution in [2.75, 3.05) is 0 Å². The Hall–Kier alpha value is -3.72. The molecule has 38 heavy (non-hydrogen) atoms. The molecule has 1 aliphatic heterocycles. The van der Waals surface area contributed by atoms with Gasteiger partial charge in [-0.05, 0) is 12.1 Å². The molecule has 0 fully saturated rings. The number of rotatable bonds is 0. The number of alkyl halides is 8. The van der Waals surface area contributed by atoms with E-state index in [4.69, 9.17) is 9.47 Å². The monoisotopic (exact) mass is 566 g/mol. The van der Waals surface area contributed by atoms with Crippen molar-refractivity contribution in [1.29, 1.82) is 0 Å². The van der Waals surface area contributed by atoms with Crippen LogP contribution < -0.4 is 9.47 Å². The zero-order chi connectivity index (χ0) is 28.3. The molecule has 0 saturated heterocycles. The molecule has 0 aromatic heterocycles. The van der Waals surface area contributed by atoms with E-state index in [1.54, 1.807) is 0 Å². The number of benzene rings is 3. The second kappa shape index (κ2) is 7.44. The fraction of sp³-hybridized carbons (Fsp3) is 0.182. The predicted molar refractivity (Wildman–Crippen MR) is 94.8 cm³/mol. The van der Waals surface area contributed by atoms with Gasteiger partial charge in [0.05, 0.1) is 0 Å². The van der Waals surface area contributed by atoms with Crippen molar-refractivity contribution in [3.8, 4) is 23.0 Å². The van der Waals surface area contributed by atoms with Gasteiger partial charge in [0.1, 0.15) is 22.3 Å². The van der Waals surface area contributed by atoms with Crippen LogP contribution in [0.25, 0.3) is 0 Å². The van der Waals surface area contributed by atoms with Gasteiger partial charge in [-0.2, -0.15) is 35.1 Å². The fourth-order valence-corrected chi connectivity index (χ4v) is 4.05. The van der Waals surface area contributed by atoms with E-state index >= 15 is 17.6 Å². The fourth-order valence-electron chi connectivity index (χ4n) is 4.05. The topological polar surface area (TPSA) is 18.5 Å². The summed E-state index contributed by atoms with van der Waals surface area (Å²) in [5.41, 5.74) is -13.2. The average molecular weight is 566 g/mol. The Morgan fingerprint density at radius 1 is 0.395 bits per heavy atom. The Kier molecular flexibility index (Phi) is 5.07. The van der Waals surface area contributed by atoms with Gasteiger partial charge < -0.3 is 9.47 Å². The van der Waals surface area contributed by atoms with Crippen molar-refractivity contribution in [3.05, 3.63) is 81.4 Å². The van der Waals surface area contributed by atoms with E-state index in [0.29, 0.717) is 0 Å². The van der Waals surface area contributed by atoms with Crippen molar-refractivity contribution >= 4 is 0 Å². The Bertz CT molecular complexity index is 1400. The lowest BCUT2D eigenvalue weighted by atomic mass is 9.85. The van der Waals surface area contributed by atoms with Gasteiger partial charge in [0.2, 0.25) is 0 Å². The molecule has 0 atom stereocenters. The van der Waals surface area contributed by atoms with Crippen molar-refractivity contribution in [3.63, 3.8) is 0 Å². The van der Waals surface area contributed by atoms with Gasteiger partial charge in [0.25, 0.3) is 0 Å². The van der Waals surface area contributed by atoms with Crippen LogP contribution in [0.5, 0.6) is 23.0 Å². The molecule has 0 amide bonds. The minimum absolute atomic E-state index is 0.780. The first kappa shape index (κ1) is 25.9. The van der Waals surface area contributed by atoms with Crippen LogP contribution >= 0.6 is 0 Å². The standard InChI is InChI=1S/C22H4F14O2/c23-11-7-12(24)14(26)8(13(11)25)20(31,32)22(35,36)10-16(28)15(27)9(21(33,34)19(7,29)30)17-18(10)38-6-4-2-1-3-5(6)37-17/h1-4H. The minimum atomic E-state index is -6.58. The summed E-state index contributed by atoms with van der Waals surface area (Å²) >= 11 is 0. The molecule has 4 bridgehead atoms. The summed E-state index contributed by atoms with van der Waals surface area (Å²) in [6, 6.07) is 3.77. The second-order valence-electron chi connectivity index (χ2n) is 7.99. The quantitative estimate of drug-likeness (QED) is 0.157. The van der Waals surface area contributed by atoms with Crippen LogP contribution in [0, 0.1) is 34.9 Å². The van der Waals surface area contributed by atoms with Gasteiger partial charge in [0.15, 0.2) is 57.9 Å². The molecule has 8 rings (SSSR count). The molecule has 0 unspecified atom stereocenters. The Balaban J connectivity index is 2.05. The SMILES string of the molecule is Fc1c(F)c2c(F)c(F)c1C(F)(F)C(F)(F)c1c(F)c(F)c(c3c1Oc1ccccc1O3)C(F)(F)C2(F)F. The van der Waals surface area contributed by atoms with Gasteiger partial charge in [0, 0.05) is 0 Å². The second-order valence-corrected chi connectivity index (χ2v) is 7.99. The summed E-state index contributed by atoms with van der Waals surface area (Å²) in [6.45, 7) is 0. The van der Waals surface area contributed by atoms with Crippen LogP contribution in [0.4, 0.5) is 61.5 Å². The highest BCUT2D eigenvalue weighted by Gasteiger charge is 2.70. The van der Waals surface area contributed by atoms with Gasteiger partial charge >= 0.3 is 23.7 Å². The van der Waals surface area contributed by atoms with E-state index < -0.39 is 104 Å². The molecule has 5 aliphatic rings. The van der Waals surface area contributed by atoms with Gasteiger partial charge in [-0.25, -0.2) is 26.3 Å². The summed E-state index contributed by atoms with van der Waals surface area (Å²) < 4.78 is 218. The summed E-state index contributed by atoms with van der Waals surface area (Å²) in [4.78, 5) is 0. The smallest absolute Gasteiger partial charge is 0.346 e. The number of para-hydroxylation sites is 2. The van der Waals surface area contributed by atoms with E-state index in [9.17, 15) is 43.9 Å². The number of halogens is 14. The summed E-state index contributed by atoms with van der Waals surface area (Å²) in [5.74, 6) is -53.2. The van der Waals surface area contributed by atoms with Gasteiger partial charge in [-0.3, -0.25) is 0 Å². The largest absolute Gasteiger partial charge is 0.449 e. The van der Waals surface area contributed by atoms with Crippen LogP contribution in [0.2, 0.25) is 0 Å².